The highest BCUT2D eigenvalue weighted by molar-refractivity contribution is 5.95. The third kappa shape index (κ3) is 3.23. The molecule has 0 spiro atoms. The fourth-order valence-corrected chi connectivity index (χ4v) is 3.99. The molecule has 2 atom stereocenters. The van der Waals surface area contributed by atoms with Crippen molar-refractivity contribution in [1.82, 2.24) is 4.98 Å². The highest BCUT2D eigenvalue weighted by Crippen LogP contribution is 2.36. The maximum Gasteiger partial charge on any atom is 0.310 e. The number of para-hydroxylation sites is 1. The molecule has 2 unspecified atom stereocenters. The summed E-state index contributed by atoms with van der Waals surface area (Å²) in [5.41, 5.74) is 4.08. The van der Waals surface area contributed by atoms with E-state index in [0.29, 0.717) is 11.8 Å². The van der Waals surface area contributed by atoms with E-state index in [1.54, 1.807) is 0 Å². The molecule has 1 fully saturated rings. The lowest BCUT2D eigenvalue weighted by atomic mass is 9.90. The van der Waals surface area contributed by atoms with Crippen LogP contribution in [-0.2, 0) is 16.0 Å². The Morgan fingerprint density at radius 3 is 2.58 bits per heavy atom. The summed E-state index contributed by atoms with van der Waals surface area (Å²) < 4.78 is 4.92. The Morgan fingerprint density at radius 2 is 1.92 bits per heavy atom. The van der Waals surface area contributed by atoms with E-state index >= 15 is 0 Å². The van der Waals surface area contributed by atoms with Gasteiger partial charge in [-0.1, -0.05) is 32.0 Å². The van der Waals surface area contributed by atoms with Crippen LogP contribution in [0.1, 0.15) is 31.5 Å². The molecule has 0 amide bonds. The van der Waals surface area contributed by atoms with Crippen LogP contribution < -0.4 is 4.90 Å². The number of benzene rings is 1. The second-order valence-corrected chi connectivity index (χ2v) is 7.15. The number of carbonyl (C=O) groups is 1. The second-order valence-electron chi connectivity index (χ2n) is 7.15. The topological polar surface area (TPSA) is 42.4 Å². The first kappa shape index (κ1) is 16.7. The molecule has 1 aliphatic heterocycles. The van der Waals surface area contributed by atoms with Crippen molar-refractivity contribution in [3.8, 4) is 0 Å². The number of aryl methyl sites for hydroxylation is 1. The predicted molar refractivity (Wildman–Crippen MR) is 97.4 cm³/mol. The van der Waals surface area contributed by atoms with E-state index in [9.17, 15) is 4.79 Å². The molecule has 2 heterocycles. The normalized spacial score (nSPS) is 21.1. The number of carbonyl (C=O) groups excluding carboxylic acids is 1. The minimum Gasteiger partial charge on any atom is -0.469 e. The molecular weight excluding hydrogens is 300 g/mol. The molecule has 1 aromatic carbocycles. The average molecular weight is 326 g/mol. The van der Waals surface area contributed by atoms with Crippen LogP contribution in [0.15, 0.2) is 24.3 Å². The van der Waals surface area contributed by atoms with Crippen LogP contribution in [0.2, 0.25) is 0 Å². The second kappa shape index (κ2) is 6.80. The van der Waals surface area contributed by atoms with Gasteiger partial charge in [0.15, 0.2) is 0 Å². The van der Waals surface area contributed by atoms with Crippen molar-refractivity contribution in [2.24, 2.45) is 11.8 Å². The molecule has 3 rings (SSSR count). The van der Waals surface area contributed by atoms with Gasteiger partial charge in [-0.25, -0.2) is 0 Å². The fraction of sp³-hybridized carbons (Fsp3) is 0.500. The highest BCUT2D eigenvalue weighted by Gasteiger charge is 2.27. The van der Waals surface area contributed by atoms with E-state index in [1.165, 1.54) is 19.2 Å². The standard InChI is InChI=1S/C20H26N2O2/c1-13-9-14(2)12-22(11-13)20-16-7-5-6-8-18(16)21-15(3)17(20)10-19(23)24-4/h5-8,13-14H,9-12H2,1-4H3. The number of rotatable bonds is 3. The van der Waals surface area contributed by atoms with Crippen LogP contribution in [-0.4, -0.2) is 31.2 Å². The molecule has 0 bridgehead atoms. The zero-order valence-electron chi connectivity index (χ0n) is 15.0. The number of ether oxygens (including phenoxy) is 1. The summed E-state index contributed by atoms with van der Waals surface area (Å²) in [6, 6.07) is 8.22. The van der Waals surface area contributed by atoms with Gasteiger partial charge >= 0.3 is 5.97 Å². The Balaban J connectivity index is 2.17. The molecule has 1 saturated heterocycles. The summed E-state index contributed by atoms with van der Waals surface area (Å²) >= 11 is 0. The molecular formula is C20H26N2O2. The summed E-state index contributed by atoms with van der Waals surface area (Å²) in [5, 5.41) is 1.13. The molecule has 4 nitrogen and oxygen atoms in total. The molecule has 0 radical (unpaired) electrons. The molecule has 0 N–H and O–H groups in total. The Labute approximate surface area is 143 Å². The van der Waals surface area contributed by atoms with Crippen molar-refractivity contribution >= 4 is 22.6 Å². The van der Waals surface area contributed by atoms with Gasteiger partial charge in [-0.05, 0) is 31.2 Å². The molecule has 24 heavy (non-hydrogen) atoms. The van der Waals surface area contributed by atoms with Crippen LogP contribution in [0, 0.1) is 18.8 Å². The largest absolute Gasteiger partial charge is 0.469 e. The summed E-state index contributed by atoms with van der Waals surface area (Å²) in [4.78, 5) is 19.1. The van der Waals surface area contributed by atoms with Crippen LogP contribution >= 0.6 is 0 Å². The average Bonchev–Trinajstić information content (AvgIpc) is 2.54. The van der Waals surface area contributed by atoms with Crippen LogP contribution in [0.3, 0.4) is 0 Å². The lowest BCUT2D eigenvalue weighted by Gasteiger charge is -2.38. The quantitative estimate of drug-likeness (QED) is 0.806. The van der Waals surface area contributed by atoms with E-state index < -0.39 is 0 Å². The summed E-state index contributed by atoms with van der Waals surface area (Å²) in [5.74, 6) is 1.08. The number of fused-ring (bicyclic) bond motifs is 1. The first-order chi connectivity index (χ1) is 11.5. The molecule has 4 heteroatoms. The number of hydrogen-bond acceptors (Lipinski definition) is 4. The van der Waals surface area contributed by atoms with Gasteiger partial charge in [0.05, 0.1) is 24.7 Å². The molecule has 1 aliphatic rings. The van der Waals surface area contributed by atoms with Crippen molar-refractivity contribution < 1.29 is 9.53 Å². The van der Waals surface area contributed by atoms with Gasteiger partial charge in [0, 0.05) is 29.7 Å². The number of pyridine rings is 1. The van der Waals surface area contributed by atoms with Crippen molar-refractivity contribution in [2.75, 3.05) is 25.1 Å². The highest BCUT2D eigenvalue weighted by atomic mass is 16.5. The van der Waals surface area contributed by atoms with E-state index in [-0.39, 0.29) is 12.4 Å². The van der Waals surface area contributed by atoms with Gasteiger partial charge in [-0.2, -0.15) is 0 Å². The Hall–Kier alpha value is -2.10. The van der Waals surface area contributed by atoms with Crippen LogP contribution in [0.5, 0.6) is 0 Å². The third-order valence-electron chi connectivity index (χ3n) is 4.90. The fourth-order valence-electron chi connectivity index (χ4n) is 3.99. The van der Waals surface area contributed by atoms with Gasteiger partial charge < -0.3 is 9.64 Å². The zero-order valence-corrected chi connectivity index (χ0v) is 15.0. The van der Waals surface area contributed by atoms with E-state index in [0.717, 1.165) is 35.2 Å². The number of piperidine rings is 1. The van der Waals surface area contributed by atoms with Gasteiger partial charge in [-0.15, -0.1) is 0 Å². The SMILES string of the molecule is COC(=O)Cc1c(C)nc2ccccc2c1N1CC(C)CC(C)C1. The number of anilines is 1. The van der Waals surface area contributed by atoms with E-state index in [2.05, 4.69) is 24.8 Å². The lowest BCUT2D eigenvalue weighted by Crippen LogP contribution is -2.39. The van der Waals surface area contributed by atoms with E-state index in [1.807, 2.05) is 25.1 Å². The molecule has 1 aromatic heterocycles. The van der Waals surface area contributed by atoms with Crippen molar-refractivity contribution in [2.45, 2.75) is 33.6 Å². The number of methoxy groups -OCH3 is 1. The number of aromatic nitrogens is 1. The number of esters is 1. The number of nitrogens with zero attached hydrogens (tertiary/aromatic N) is 2. The maximum atomic E-state index is 12.0. The molecule has 2 aromatic rings. The first-order valence-electron chi connectivity index (χ1n) is 8.69. The summed E-state index contributed by atoms with van der Waals surface area (Å²) in [6.07, 6.45) is 1.53. The predicted octanol–water partition coefficient (Wildman–Crippen LogP) is 3.74. The minimum atomic E-state index is -0.213. The lowest BCUT2D eigenvalue weighted by molar-refractivity contribution is -0.139. The van der Waals surface area contributed by atoms with Crippen molar-refractivity contribution in [3.05, 3.63) is 35.5 Å². The number of hydrogen-bond donors (Lipinski definition) is 0. The Morgan fingerprint density at radius 1 is 1.25 bits per heavy atom. The van der Waals surface area contributed by atoms with Gasteiger partial charge in [0.1, 0.15) is 0 Å². The first-order valence-corrected chi connectivity index (χ1v) is 8.69. The monoisotopic (exact) mass is 326 g/mol. The van der Waals surface area contributed by atoms with Gasteiger partial charge in [0.25, 0.3) is 0 Å². The van der Waals surface area contributed by atoms with Crippen LogP contribution in [0.25, 0.3) is 10.9 Å². The summed E-state index contributed by atoms with van der Waals surface area (Å²) in [7, 11) is 1.44. The molecule has 0 aliphatic carbocycles. The molecule has 0 saturated carbocycles. The molecule has 128 valence electrons. The zero-order chi connectivity index (χ0) is 17.3. The van der Waals surface area contributed by atoms with Gasteiger partial charge in [0.2, 0.25) is 0 Å². The third-order valence-corrected chi connectivity index (χ3v) is 4.90. The smallest absolute Gasteiger partial charge is 0.310 e. The van der Waals surface area contributed by atoms with E-state index in [4.69, 9.17) is 9.72 Å². The minimum absolute atomic E-state index is 0.213. The van der Waals surface area contributed by atoms with Gasteiger partial charge in [-0.3, -0.25) is 9.78 Å². The maximum absolute atomic E-state index is 12.0. The summed E-state index contributed by atoms with van der Waals surface area (Å²) in [6.45, 7) is 8.64. The Kier molecular flexibility index (Phi) is 4.74. The van der Waals surface area contributed by atoms with Crippen molar-refractivity contribution in [1.29, 1.82) is 0 Å². The van der Waals surface area contributed by atoms with Crippen LogP contribution in [0.4, 0.5) is 5.69 Å². The van der Waals surface area contributed by atoms with Crippen molar-refractivity contribution in [3.63, 3.8) is 0 Å². The Bertz CT molecular complexity index is 747.